The molecule has 0 aliphatic heterocycles. The second-order valence-corrected chi connectivity index (χ2v) is 19.6. The van der Waals surface area contributed by atoms with Crippen LogP contribution in [0.2, 0.25) is 0 Å². The third-order valence-corrected chi connectivity index (χ3v) is 15.4. The molecule has 13 aromatic rings. The zero-order valence-electron chi connectivity index (χ0n) is 41.3. The Kier molecular flexibility index (Phi) is 10.8. The summed E-state index contributed by atoms with van der Waals surface area (Å²) in [7, 11) is 0. The Hall–Kier alpha value is -9.76. The van der Waals surface area contributed by atoms with E-state index in [2.05, 4.69) is 313 Å². The van der Waals surface area contributed by atoms with Crippen molar-refractivity contribution < 1.29 is 0 Å². The van der Waals surface area contributed by atoms with E-state index in [0.29, 0.717) is 0 Å². The lowest BCUT2D eigenvalue weighted by Crippen LogP contribution is -2.29. The van der Waals surface area contributed by atoms with Gasteiger partial charge in [0.1, 0.15) is 0 Å². The molecule has 0 saturated carbocycles. The highest BCUT2D eigenvalue weighted by Gasteiger charge is 2.46. The molecule has 75 heavy (non-hydrogen) atoms. The summed E-state index contributed by atoms with van der Waals surface area (Å²) >= 11 is 0. The van der Waals surface area contributed by atoms with Gasteiger partial charge in [-0.3, -0.25) is 0 Å². The molecule has 2 nitrogen and oxygen atoms in total. The number of hydrogen-bond donors (Lipinski definition) is 0. The SMILES string of the molecule is c1ccc(-c2ccc(N(c3ccc(-c4ccccc4)cc3)c3cc4c5c(ccc6cc(N(c7ccc(-c8ccccc8)cc7)c7cccc8ccccc78)cc(c65)C4(c4ccccc4)c4ccccc4)c3)cc2)cc1. The Morgan fingerprint density at radius 2 is 0.573 bits per heavy atom. The van der Waals surface area contributed by atoms with Crippen molar-refractivity contribution in [3.63, 3.8) is 0 Å². The van der Waals surface area contributed by atoms with E-state index < -0.39 is 5.41 Å². The van der Waals surface area contributed by atoms with E-state index in [0.717, 1.165) is 34.1 Å². The number of nitrogens with zero attached hydrogens (tertiary/aromatic N) is 2. The average molecular weight is 955 g/mol. The molecule has 0 fully saturated rings. The minimum atomic E-state index is -0.698. The van der Waals surface area contributed by atoms with E-state index in [4.69, 9.17) is 0 Å². The first-order valence-corrected chi connectivity index (χ1v) is 25.9. The number of anilines is 6. The second-order valence-electron chi connectivity index (χ2n) is 19.6. The quantitative estimate of drug-likeness (QED) is 0.119. The van der Waals surface area contributed by atoms with Gasteiger partial charge in [-0.15, -0.1) is 0 Å². The van der Waals surface area contributed by atoms with Crippen LogP contribution in [0, 0.1) is 0 Å². The molecular weight excluding hydrogens is 905 g/mol. The van der Waals surface area contributed by atoms with Crippen molar-refractivity contribution in [2.45, 2.75) is 5.41 Å². The lowest BCUT2D eigenvalue weighted by molar-refractivity contribution is 0.771. The van der Waals surface area contributed by atoms with Crippen LogP contribution in [0.4, 0.5) is 34.1 Å². The highest BCUT2D eigenvalue weighted by Crippen LogP contribution is 2.59. The fraction of sp³-hybridized carbons (Fsp3) is 0.0137. The van der Waals surface area contributed by atoms with Crippen LogP contribution < -0.4 is 9.80 Å². The van der Waals surface area contributed by atoms with Gasteiger partial charge in [0.25, 0.3) is 0 Å². The van der Waals surface area contributed by atoms with Crippen LogP contribution in [0.5, 0.6) is 0 Å². The Morgan fingerprint density at radius 3 is 1.01 bits per heavy atom. The first-order valence-electron chi connectivity index (χ1n) is 25.9. The fourth-order valence-corrected chi connectivity index (χ4v) is 12.0. The van der Waals surface area contributed by atoms with Crippen molar-refractivity contribution in [1.29, 1.82) is 0 Å². The minimum Gasteiger partial charge on any atom is -0.310 e. The molecule has 0 N–H and O–H groups in total. The smallest absolute Gasteiger partial charge is 0.0715 e. The van der Waals surface area contributed by atoms with E-state index in [9.17, 15) is 0 Å². The minimum absolute atomic E-state index is 0.698. The van der Waals surface area contributed by atoms with Gasteiger partial charge in [0.15, 0.2) is 0 Å². The van der Waals surface area contributed by atoms with Crippen molar-refractivity contribution >= 4 is 66.4 Å². The van der Waals surface area contributed by atoms with Gasteiger partial charge in [0.05, 0.1) is 11.1 Å². The Bertz CT molecular complexity index is 4050. The standard InChI is InChI=1S/C73H50N2/c1-6-19-51(20-7-1)54-35-41-62(42-36-54)74(63-43-37-55(38-44-63)52-21-8-2-9-22-52)65-47-58-33-34-59-48-66(50-69-72(59)71(58)68(49-65)73(69,60-27-12-4-13-28-60)61-29-14-5-15-30-61)75(70-32-18-26-57-25-16-17-31-67(57)70)64-45-39-56(40-46-64)53-23-10-3-11-24-53/h1-50H. The normalized spacial score (nSPS) is 12.4. The predicted molar refractivity (Wildman–Crippen MR) is 317 cm³/mol. The molecule has 0 spiro atoms. The van der Waals surface area contributed by atoms with Gasteiger partial charge in [-0.25, -0.2) is 0 Å². The molecule has 0 amide bonds. The van der Waals surface area contributed by atoms with Crippen LogP contribution in [0.15, 0.2) is 303 Å². The lowest BCUT2D eigenvalue weighted by Gasteiger charge is -2.36. The summed E-state index contributed by atoms with van der Waals surface area (Å²) in [6, 6.07) is 112. The highest BCUT2D eigenvalue weighted by atomic mass is 15.1. The molecule has 0 atom stereocenters. The van der Waals surface area contributed by atoms with Gasteiger partial charge >= 0.3 is 0 Å². The third-order valence-electron chi connectivity index (χ3n) is 15.4. The molecule has 0 saturated heterocycles. The van der Waals surface area contributed by atoms with Crippen molar-refractivity contribution in [3.05, 3.63) is 326 Å². The zero-order chi connectivity index (χ0) is 49.7. The fourth-order valence-electron chi connectivity index (χ4n) is 12.0. The monoisotopic (exact) mass is 954 g/mol. The highest BCUT2D eigenvalue weighted by molar-refractivity contribution is 6.18. The van der Waals surface area contributed by atoms with Crippen molar-refractivity contribution in [2.24, 2.45) is 0 Å². The van der Waals surface area contributed by atoms with Crippen LogP contribution in [0.1, 0.15) is 22.3 Å². The molecule has 0 aromatic heterocycles. The molecule has 0 radical (unpaired) electrons. The van der Waals surface area contributed by atoms with Crippen molar-refractivity contribution in [3.8, 4) is 33.4 Å². The average Bonchev–Trinajstić information content (AvgIpc) is 3.81. The van der Waals surface area contributed by atoms with Crippen LogP contribution in [0.3, 0.4) is 0 Å². The van der Waals surface area contributed by atoms with E-state index in [-0.39, 0.29) is 0 Å². The maximum absolute atomic E-state index is 2.51. The molecule has 14 rings (SSSR count). The van der Waals surface area contributed by atoms with Gasteiger partial charge in [0.2, 0.25) is 0 Å². The van der Waals surface area contributed by atoms with Crippen LogP contribution in [0.25, 0.3) is 65.7 Å². The predicted octanol–water partition coefficient (Wildman–Crippen LogP) is 19.8. The zero-order valence-corrected chi connectivity index (χ0v) is 41.3. The summed E-state index contributed by atoms with van der Waals surface area (Å²) in [4.78, 5) is 4.92. The van der Waals surface area contributed by atoms with E-state index >= 15 is 0 Å². The van der Waals surface area contributed by atoms with Gasteiger partial charge in [-0.05, 0) is 149 Å². The Labute approximate surface area is 438 Å². The molecule has 0 heterocycles. The van der Waals surface area contributed by atoms with E-state index in [1.54, 1.807) is 0 Å². The maximum atomic E-state index is 2.51. The second kappa shape index (κ2) is 18.4. The van der Waals surface area contributed by atoms with E-state index in [1.165, 1.54) is 88.0 Å². The summed E-state index contributed by atoms with van der Waals surface area (Å²) in [6.07, 6.45) is 0. The molecule has 2 heteroatoms. The van der Waals surface area contributed by atoms with Crippen molar-refractivity contribution in [1.82, 2.24) is 0 Å². The van der Waals surface area contributed by atoms with Gasteiger partial charge in [0, 0.05) is 33.8 Å². The summed E-state index contributed by atoms with van der Waals surface area (Å²) in [5, 5.41) is 7.37. The number of benzene rings is 13. The molecule has 13 aromatic carbocycles. The molecule has 0 bridgehead atoms. The van der Waals surface area contributed by atoms with Crippen LogP contribution >= 0.6 is 0 Å². The summed E-state index contributed by atoms with van der Waals surface area (Å²) < 4.78 is 0. The van der Waals surface area contributed by atoms with Crippen LogP contribution in [-0.4, -0.2) is 0 Å². The first kappa shape index (κ1) is 44.0. The number of hydrogen-bond acceptors (Lipinski definition) is 2. The lowest BCUT2D eigenvalue weighted by atomic mass is 9.67. The molecular formula is C73H50N2. The Balaban J connectivity index is 1.02. The largest absolute Gasteiger partial charge is 0.310 e. The molecule has 1 aliphatic rings. The molecule has 0 unspecified atom stereocenters. The number of rotatable bonds is 11. The summed E-state index contributed by atoms with van der Waals surface area (Å²) in [5.74, 6) is 0. The number of fused-ring (bicyclic) bond motifs is 1. The van der Waals surface area contributed by atoms with Crippen LogP contribution in [-0.2, 0) is 5.41 Å². The van der Waals surface area contributed by atoms with E-state index in [1.807, 2.05) is 0 Å². The Morgan fingerprint density at radius 1 is 0.227 bits per heavy atom. The van der Waals surface area contributed by atoms with Gasteiger partial charge in [-0.1, -0.05) is 237 Å². The molecule has 1 aliphatic carbocycles. The topological polar surface area (TPSA) is 6.48 Å². The van der Waals surface area contributed by atoms with Crippen molar-refractivity contribution in [2.75, 3.05) is 9.80 Å². The van der Waals surface area contributed by atoms with Gasteiger partial charge in [-0.2, -0.15) is 0 Å². The summed E-state index contributed by atoms with van der Waals surface area (Å²) in [5.41, 5.74) is 18.0. The first-order chi connectivity index (χ1) is 37.2. The molecule has 352 valence electrons. The summed E-state index contributed by atoms with van der Waals surface area (Å²) in [6.45, 7) is 0. The van der Waals surface area contributed by atoms with Gasteiger partial charge < -0.3 is 9.80 Å². The third kappa shape index (κ3) is 7.49. The maximum Gasteiger partial charge on any atom is 0.0715 e.